The van der Waals surface area contributed by atoms with Gasteiger partial charge in [-0.3, -0.25) is 5.84 Å². The number of hydrogen-bond donors (Lipinski definition) is 2. The summed E-state index contributed by atoms with van der Waals surface area (Å²) >= 11 is 2.34. The summed E-state index contributed by atoms with van der Waals surface area (Å²) in [5.74, 6) is 6.69. The average molecular weight is 380 g/mol. The molecule has 3 N–H and O–H groups in total. The van der Waals surface area contributed by atoms with Crippen LogP contribution in [0.25, 0.3) is 0 Å². The van der Waals surface area contributed by atoms with Crippen molar-refractivity contribution in [2.75, 3.05) is 0 Å². The van der Waals surface area contributed by atoms with Gasteiger partial charge in [-0.1, -0.05) is 30.3 Å². The van der Waals surface area contributed by atoms with Crippen molar-refractivity contribution in [1.82, 2.24) is 5.43 Å². The van der Waals surface area contributed by atoms with Crippen molar-refractivity contribution in [2.24, 2.45) is 5.84 Å². The lowest BCUT2D eigenvalue weighted by atomic mass is 9.99. The fourth-order valence-electron chi connectivity index (χ4n) is 2.19. The zero-order chi connectivity index (χ0) is 13.9. The summed E-state index contributed by atoms with van der Waals surface area (Å²) in [7, 11) is 0. The Balaban J connectivity index is 1.83. The molecular weight excluding hydrogens is 363 g/mol. The van der Waals surface area contributed by atoms with Gasteiger partial charge >= 0.3 is 0 Å². The molecule has 0 aliphatic heterocycles. The highest BCUT2D eigenvalue weighted by Crippen LogP contribution is 2.29. The molecule has 20 heavy (non-hydrogen) atoms. The van der Waals surface area contributed by atoms with Crippen molar-refractivity contribution in [3.05, 3.63) is 63.2 Å². The Morgan fingerprint density at radius 1 is 1.10 bits per heavy atom. The molecule has 104 valence electrons. The van der Waals surface area contributed by atoms with E-state index >= 15 is 0 Å². The van der Waals surface area contributed by atoms with E-state index in [-0.39, 0.29) is 6.04 Å². The van der Waals surface area contributed by atoms with Gasteiger partial charge in [-0.2, -0.15) is 0 Å². The molecule has 2 aromatic carbocycles. The standard InChI is InChI=1S/C16H17IN2O/c17-15-4-2-1-3-14(15)16(19-18)11-5-7-12(8-6-11)20-13-9-10-13/h1-8,13,16,19H,9-10,18H2. The zero-order valence-electron chi connectivity index (χ0n) is 11.1. The van der Waals surface area contributed by atoms with E-state index in [0.717, 1.165) is 11.3 Å². The van der Waals surface area contributed by atoms with Crippen LogP contribution in [0.15, 0.2) is 48.5 Å². The minimum atomic E-state index is -0.00178. The molecule has 1 unspecified atom stereocenters. The predicted molar refractivity (Wildman–Crippen MR) is 88.4 cm³/mol. The van der Waals surface area contributed by atoms with Crippen molar-refractivity contribution in [2.45, 2.75) is 25.0 Å². The molecule has 1 atom stereocenters. The van der Waals surface area contributed by atoms with Crippen LogP contribution in [0.2, 0.25) is 0 Å². The summed E-state index contributed by atoms with van der Waals surface area (Å²) in [5.41, 5.74) is 5.23. The van der Waals surface area contributed by atoms with Crippen LogP contribution in [-0.2, 0) is 0 Å². The fourth-order valence-corrected chi connectivity index (χ4v) is 2.89. The third kappa shape index (κ3) is 3.13. The summed E-state index contributed by atoms with van der Waals surface area (Å²) in [6.45, 7) is 0. The normalized spacial score (nSPS) is 15.9. The number of benzene rings is 2. The highest BCUT2D eigenvalue weighted by molar-refractivity contribution is 14.1. The van der Waals surface area contributed by atoms with Crippen molar-refractivity contribution in [3.63, 3.8) is 0 Å². The van der Waals surface area contributed by atoms with Gasteiger partial charge in [0, 0.05) is 3.57 Å². The second-order valence-electron chi connectivity index (χ2n) is 5.01. The second-order valence-corrected chi connectivity index (χ2v) is 6.17. The van der Waals surface area contributed by atoms with Gasteiger partial charge in [0.05, 0.1) is 12.1 Å². The van der Waals surface area contributed by atoms with Crippen LogP contribution in [0.3, 0.4) is 0 Å². The number of nitrogens with one attached hydrogen (secondary N) is 1. The molecule has 0 heterocycles. The minimum absolute atomic E-state index is 0.00178. The first-order valence-electron chi connectivity index (χ1n) is 6.75. The lowest BCUT2D eigenvalue weighted by molar-refractivity contribution is 0.303. The summed E-state index contributed by atoms with van der Waals surface area (Å²) < 4.78 is 6.97. The van der Waals surface area contributed by atoms with Crippen LogP contribution >= 0.6 is 22.6 Å². The average Bonchev–Trinajstić information content (AvgIpc) is 3.27. The van der Waals surface area contributed by atoms with E-state index < -0.39 is 0 Å². The molecule has 0 bridgehead atoms. The number of ether oxygens (including phenoxy) is 1. The molecule has 1 saturated carbocycles. The van der Waals surface area contributed by atoms with E-state index in [2.05, 4.69) is 52.3 Å². The first-order chi connectivity index (χ1) is 9.78. The molecule has 0 radical (unpaired) electrons. The molecule has 0 spiro atoms. The van der Waals surface area contributed by atoms with Gasteiger partial charge in [-0.25, -0.2) is 5.43 Å². The van der Waals surface area contributed by atoms with Crippen molar-refractivity contribution in [1.29, 1.82) is 0 Å². The number of halogens is 1. The Labute approximate surface area is 132 Å². The highest BCUT2D eigenvalue weighted by atomic mass is 127. The van der Waals surface area contributed by atoms with E-state index in [1.165, 1.54) is 22.0 Å². The molecule has 0 saturated heterocycles. The Morgan fingerprint density at radius 2 is 1.80 bits per heavy atom. The van der Waals surface area contributed by atoms with Crippen LogP contribution < -0.4 is 16.0 Å². The lowest BCUT2D eigenvalue weighted by Gasteiger charge is -2.18. The van der Waals surface area contributed by atoms with Gasteiger partial charge in [0.25, 0.3) is 0 Å². The third-order valence-corrected chi connectivity index (χ3v) is 4.41. The molecule has 3 nitrogen and oxygen atoms in total. The Hall–Kier alpha value is -1.11. The molecule has 0 aromatic heterocycles. The minimum Gasteiger partial charge on any atom is -0.490 e. The summed E-state index contributed by atoms with van der Waals surface area (Å²) in [6.07, 6.45) is 2.79. The number of nitrogens with two attached hydrogens (primary N) is 1. The van der Waals surface area contributed by atoms with Crippen molar-refractivity contribution >= 4 is 22.6 Å². The number of rotatable bonds is 5. The van der Waals surface area contributed by atoms with Crippen molar-refractivity contribution < 1.29 is 4.74 Å². The fraction of sp³-hybridized carbons (Fsp3) is 0.250. The monoisotopic (exact) mass is 380 g/mol. The molecule has 1 aliphatic carbocycles. The van der Waals surface area contributed by atoms with Gasteiger partial charge in [0.1, 0.15) is 5.75 Å². The Kier molecular flexibility index (Phi) is 4.24. The summed E-state index contributed by atoms with van der Waals surface area (Å²) in [5, 5.41) is 0. The predicted octanol–water partition coefficient (Wildman–Crippen LogP) is 3.39. The maximum Gasteiger partial charge on any atom is 0.119 e. The smallest absolute Gasteiger partial charge is 0.119 e. The Morgan fingerprint density at radius 3 is 2.40 bits per heavy atom. The van der Waals surface area contributed by atoms with Crippen LogP contribution in [0.4, 0.5) is 0 Å². The highest BCUT2D eigenvalue weighted by Gasteiger charge is 2.23. The van der Waals surface area contributed by atoms with E-state index in [0.29, 0.717) is 6.10 Å². The van der Waals surface area contributed by atoms with Crippen LogP contribution in [0, 0.1) is 3.57 Å². The topological polar surface area (TPSA) is 47.3 Å². The SMILES string of the molecule is NNC(c1ccc(OC2CC2)cc1)c1ccccc1I. The van der Waals surface area contributed by atoms with Gasteiger partial charge < -0.3 is 4.74 Å². The first-order valence-corrected chi connectivity index (χ1v) is 7.83. The van der Waals surface area contributed by atoms with Gasteiger partial charge in [0.2, 0.25) is 0 Å². The van der Waals surface area contributed by atoms with E-state index in [1.807, 2.05) is 24.3 Å². The third-order valence-electron chi connectivity index (χ3n) is 3.42. The summed E-state index contributed by atoms with van der Waals surface area (Å²) in [6, 6.07) is 16.4. The Bertz CT molecular complexity index is 581. The van der Waals surface area contributed by atoms with E-state index in [9.17, 15) is 0 Å². The molecule has 4 heteroatoms. The first kappa shape index (κ1) is 13.9. The summed E-state index contributed by atoms with van der Waals surface area (Å²) in [4.78, 5) is 0. The quantitative estimate of drug-likeness (QED) is 0.475. The van der Waals surface area contributed by atoms with Crippen LogP contribution in [0.5, 0.6) is 5.75 Å². The molecular formula is C16H17IN2O. The van der Waals surface area contributed by atoms with Gasteiger partial charge in [0.15, 0.2) is 0 Å². The lowest BCUT2D eigenvalue weighted by Crippen LogP contribution is -2.29. The second kappa shape index (κ2) is 6.11. The molecule has 0 amide bonds. The van der Waals surface area contributed by atoms with E-state index in [1.54, 1.807) is 0 Å². The van der Waals surface area contributed by atoms with Gasteiger partial charge in [-0.15, -0.1) is 0 Å². The zero-order valence-corrected chi connectivity index (χ0v) is 13.2. The molecule has 3 rings (SSSR count). The van der Waals surface area contributed by atoms with Crippen LogP contribution in [-0.4, -0.2) is 6.10 Å². The number of hydrazine groups is 1. The molecule has 1 fully saturated rings. The molecule has 2 aromatic rings. The maximum absolute atomic E-state index is 5.77. The van der Waals surface area contributed by atoms with Crippen molar-refractivity contribution in [3.8, 4) is 5.75 Å². The molecule has 1 aliphatic rings. The maximum atomic E-state index is 5.77. The number of hydrogen-bond acceptors (Lipinski definition) is 3. The van der Waals surface area contributed by atoms with Gasteiger partial charge in [-0.05, 0) is 64.8 Å². The largest absolute Gasteiger partial charge is 0.490 e. The van der Waals surface area contributed by atoms with E-state index in [4.69, 9.17) is 10.6 Å². The van der Waals surface area contributed by atoms with Crippen LogP contribution in [0.1, 0.15) is 30.0 Å².